The van der Waals surface area contributed by atoms with Crippen molar-refractivity contribution in [2.45, 2.75) is 89.9 Å². The minimum absolute atomic E-state index is 0.107. The van der Waals surface area contributed by atoms with E-state index in [0.29, 0.717) is 19.3 Å². The summed E-state index contributed by atoms with van der Waals surface area (Å²) >= 11 is 0. The summed E-state index contributed by atoms with van der Waals surface area (Å²) in [5.41, 5.74) is 0. The fourth-order valence-corrected chi connectivity index (χ4v) is 2.50. The van der Waals surface area contributed by atoms with Gasteiger partial charge in [-0.3, -0.25) is 4.79 Å². The molecule has 0 aliphatic rings. The summed E-state index contributed by atoms with van der Waals surface area (Å²) in [5.74, 6) is -0.522. The van der Waals surface area contributed by atoms with Crippen LogP contribution in [0, 0.1) is 0 Å². The second kappa shape index (κ2) is 15.7. The average molecular weight is 330 g/mol. The predicted molar refractivity (Wildman–Crippen MR) is 91.6 cm³/mol. The van der Waals surface area contributed by atoms with Gasteiger partial charge in [0.15, 0.2) is 0 Å². The second-order valence-electron chi connectivity index (χ2n) is 6.15. The Balaban J connectivity index is 3.52. The maximum Gasteiger partial charge on any atom is 0.303 e. The quantitative estimate of drug-likeness (QED) is 0.239. The smallest absolute Gasteiger partial charge is 0.303 e. The average Bonchev–Trinajstić information content (AvgIpc) is 2.52. The molecule has 0 aliphatic carbocycles. The highest BCUT2D eigenvalue weighted by atomic mass is 16.4. The van der Waals surface area contributed by atoms with Gasteiger partial charge in [0.25, 0.3) is 0 Å². The van der Waals surface area contributed by atoms with E-state index in [-0.39, 0.29) is 24.5 Å². The summed E-state index contributed by atoms with van der Waals surface area (Å²) in [6.45, 7) is 0.261. The van der Waals surface area contributed by atoms with Crippen LogP contribution in [0.1, 0.15) is 89.9 Å². The van der Waals surface area contributed by atoms with E-state index in [0.717, 1.165) is 64.2 Å². The van der Waals surface area contributed by atoms with Gasteiger partial charge in [-0.05, 0) is 25.7 Å². The van der Waals surface area contributed by atoms with Crippen molar-refractivity contribution in [3.8, 4) is 0 Å². The summed E-state index contributed by atoms with van der Waals surface area (Å²) in [6.07, 6.45) is 11.6. The summed E-state index contributed by atoms with van der Waals surface area (Å²) in [6, 6.07) is 0. The molecule has 0 aromatic rings. The monoisotopic (exact) mass is 330 g/mol. The van der Waals surface area contributed by atoms with Crippen LogP contribution in [0.25, 0.3) is 0 Å². The predicted octanol–water partition coefficient (Wildman–Crippen LogP) is 4.85. The lowest BCUT2D eigenvalue weighted by Crippen LogP contribution is -1.94. The van der Waals surface area contributed by atoms with Crippen molar-refractivity contribution in [1.82, 2.24) is 0 Å². The van der Waals surface area contributed by atoms with Crippen molar-refractivity contribution in [2.24, 2.45) is 0 Å². The van der Waals surface area contributed by atoms with E-state index < -0.39 is 5.97 Å². The number of carbonyl (C=O) groups is 1. The molecule has 5 heteroatoms. The number of rotatable bonds is 16. The molecule has 0 saturated carbocycles. The zero-order chi connectivity index (χ0) is 17.3. The molecule has 0 fully saturated rings. The van der Waals surface area contributed by atoms with Gasteiger partial charge in [-0.25, -0.2) is 0 Å². The third-order valence-corrected chi connectivity index (χ3v) is 3.96. The van der Waals surface area contributed by atoms with Crippen LogP contribution in [0.3, 0.4) is 0 Å². The van der Waals surface area contributed by atoms with Crippen molar-refractivity contribution in [1.29, 1.82) is 0 Å². The fraction of sp³-hybridized carbons (Fsp3) is 0.833. The van der Waals surface area contributed by atoms with E-state index in [2.05, 4.69) is 0 Å². The highest BCUT2D eigenvalue weighted by molar-refractivity contribution is 5.66. The molecule has 0 bridgehead atoms. The lowest BCUT2D eigenvalue weighted by atomic mass is 10.1. The molecule has 0 aromatic carbocycles. The van der Waals surface area contributed by atoms with Gasteiger partial charge in [0, 0.05) is 25.9 Å². The Kier molecular flexibility index (Phi) is 14.8. The van der Waals surface area contributed by atoms with Crippen LogP contribution in [0.5, 0.6) is 0 Å². The number of hydrogen-bond acceptors (Lipinski definition) is 4. The van der Waals surface area contributed by atoms with Gasteiger partial charge >= 0.3 is 5.97 Å². The van der Waals surface area contributed by atoms with E-state index in [1.54, 1.807) is 0 Å². The molecule has 0 saturated heterocycles. The van der Waals surface area contributed by atoms with Crippen LogP contribution >= 0.6 is 0 Å². The first-order valence-corrected chi connectivity index (χ1v) is 9.00. The molecular formula is C18H34O5. The summed E-state index contributed by atoms with van der Waals surface area (Å²) in [7, 11) is 0. The molecule has 0 atom stereocenters. The fourth-order valence-electron chi connectivity index (χ4n) is 2.50. The van der Waals surface area contributed by atoms with Gasteiger partial charge < -0.3 is 20.4 Å². The molecule has 0 amide bonds. The molecule has 136 valence electrons. The number of carboxylic acid groups (broad SMARTS) is 1. The van der Waals surface area contributed by atoms with Gasteiger partial charge in [-0.15, -0.1) is 0 Å². The topological polar surface area (TPSA) is 98.0 Å². The minimum Gasteiger partial charge on any atom is -0.509 e. The highest BCUT2D eigenvalue weighted by Crippen LogP contribution is 2.16. The zero-order valence-electron chi connectivity index (χ0n) is 14.3. The number of aliphatic hydroxyl groups excluding tert-OH is 3. The van der Waals surface area contributed by atoms with Gasteiger partial charge in [0.2, 0.25) is 0 Å². The highest BCUT2D eigenvalue weighted by Gasteiger charge is 2.04. The number of allylic oxidation sites excluding steroid dienone is 2. The largest absolute Gasteiger partial charge is 0.509 e. The summed E-state index contributed by atoms with van der Waals surface area (Å²) < 4.78 is 0. The molecule has 0 heterocycles. The third-order valence-electron chi connectivity index (χ3n) is 3.96. The van der Waals surface area contributed by atoms with Crippen molar-refractivity contribution in [2.75, 3.05) is 6.61 Å². The lowest BCUT2D eigenvalue weighted by molar-refractivity contribution is -0.137. The number of unbranched alkanes of at least 4 members (excludes halogenated alkanes) is 9. The second-order valence-corrected chi connectivity index (χ2v) is 6.15. The Morgan fingerprint density at radius 2 is 0.870 bits per heavy atom. The zero-order valence-corrected chi connectivity index (χ0v) is 14.3. The minimum atomic E-state index is -0.746. The van der Waals surface area contributed by atoms with Crippen LogP contribution in [-0.4, -0.2) is 33.0 Å². The third kappa shape index (κ3) is 15.4. The summed E-state index contributed by atoms with van der Waals surface area (Å²) in [4.78, 5) is 10.3. The standard InChI is InChI=1S/C18H34O5/c19-15-11-7-2-1-4-8-12-16(20)17(21)13-9-5-3-6-10-14-18(22)23/h19-21H,1-15H2,(H,22,23)/b17-16+. The first-order chi connectivity index (χ1) is 11.1. The molecule has 0 spiro atoms. The first kappa shape index (κ1) is 21.8. The van der Waals surface area contributed by atoms with Crippen molar-refractivity contribution in [3.05, 3.63) is 11.5 Å². The molecule has 0 radical (unpaired) electrons. The maximum atomic E-state index is 10.3. The Morgan fingerprint density at radius 1 is 0.522 bits per heavy atom. The number of aliphatic hydroxyl groups is 3. The van der Waals surface area contributed by atoms with Gasteiger partial charge in [0.05, 0.1) is 0 Å². The summed E-state index contributed by atoms with van der Waals surface area (Å²) in [5, 5.41) is 36.8. The molecule has 23 heavy (non-hydrogen) atoms. The van der Waals surface area contributed by atoms with Crippen LogP contribution < -0.4 is 0 Å². The van der Waals surface area contributed by atoms with Crippen LogP contribution in [0.4, 0.5) is 0 Å². The van der Waals surface area contributed by atoms with Crippen LogP contribution in [-0.2, 0) is 4.79 Å². The molecule has 4 N–H and O–H groups in total. The molecule has 0 unspecified atom stereocenters. The first-order valence-electron chi connectivity index (χ1n) is 9.00. The van der Waals surface area contributed by atoms with Crippen LogP contribution in [0.2, 0.25) is 0 Å². The van der Waals surface area contributed by atoms with E-state index in [1.165, 1.54) is 0 Å². The molecule has 0 aliphatic heterocycles. The van der Waals surface area contributed by atoms with Crippen molar-refractivity contribution >= 4 is 5.97 Å². The van der Waals surface area contributed by atoms with Gasteiger partial charge in [-0.1, -0.05) is 44.9 Å². The van der Waals surface area contributed by atoms with Gasteiger partial charge in [0.1, 0.15) is 11.5 Å². The van der Waals surface area contributed by atoms with E-state index in [9.17, 15) is 15.0 Å². The Labute approximate surface area is 140 Å². The Hall–Kier alpha value is -1.23. The van der Waals surface area contributed by atoms with E-state index in [1.807, 2.05) is 0 Å². The van der Waals surface area contributed by atoms with Crippen molar-refractivity contribution in [3.63, 3.8) is 0 Å². The SMILES string of the molecule is O=C(O)CCCCCCC/C(O)=C(\O)CCCCCCCCO. The Morgan fingerprint density at radius 3 is 1.26 bits per heavy atom. The molecular weight excluding hydrogens is 296 g/mol. The van der Waals surface area contributed by atoms with E-state index >= 15 is 0 Å². The van der Waals surface area contributed by atoms with Crippen molar-refractivity contribution < 1.29 is 25.2 Å². The normalized spacial score (nSPS) is 12.2. The van der Waals surface area contributed by atoms with Crippen LogP contribution in [0.15, 0.2) is 11.5 Å². The van der Waals surface area contributed by atoms with E-state index in [4.69, 9.17) is 10.2 Å². The molecule has 5 nitrogen and oxygen atoms in total. The number of carboxylic acids is 1. The maximum absolute atomic E-state index is 10.3. The number of hydrogen-bond donors (Lipinski definition) is 4. The molecule has 0 rings (SSSR count). The lowest BCUT2D eigenvalue weighted by Gasteiger charge is -2.06. The Bertz CT molecular complexity index is 325. The number of aliphatic carboxylic acids is 1. The van der Waals surface area contributed by atoms with Gasteiger partial charge in [-0.2, -0.15) is 0 Å². The molecule has 0 aromatic heterocycles.